The van der Waals surface area contributed by atoms with Crippen molar-refractivity contribution in [3.63, 3.8) is 0 Å². The van der Waals surface area contributed by atoms with E-state index in [1.165, 1.54) is 12.1 Å². The molecule has 0 aliphatic carbocycles. The van der Waals surface area contributed by atoms with Gasteiger partial charge in [-0.2, -0.15) is 21.6 Å². The minimum atomic E-state index is -5.86. The third-order valence-electron chi connectivity index (χ3n) is 6.68. The van der Waals surface area contributed by atoms with E-state index in [2.05, 4.69) is 4.18 Å². The predicted molar refractivity (Wildman–Crippen MR) is 167 cm³/mol. The minimum absolute atomic E-state index is 0.191. The Labute approximate surface area is 268 Å². The number of hydrogen-bond acceptors (Lipinski definition) is 9. The maximum Gasteiger partial charge on any atom is 0.534 e. The lowest BCUT2D eigenvalue weighted by atomic mass is 9.96. The Hall–Kier alpha value is -3.04. The summed E-state index contributed by atoms with van der Waals surface area (Å²) in [4.78, 5) is 0. The van der Waals surface area contributed by atoms with Crippen LogP contribution < -0.4 is 4.18 Å². The Bertz CT molecular complexity index is 1320. The Morgan fingerprint density at radius 2 is 0.978 bits per heavy atom. The Kier molecular flexibility index (Phi) is 15.9. The lowest BCUT2D eigenvalue weighted by Crippen LogP contribution is -2.28. The van der Waals surface area contributed by atoms with Gasteiger partial charge in [0.15, 0.2) is 0 Å². The highest BCUT2D eigenvalue weighted by molar-refractivity contribution is 7.88. The molecule has 13 heteroatoms. The van der Waals surface area contributed by atoms with Crippen molar-refractivity contribution in [3.05, 3.63) is 77.9 Å². The Morgan fingerprint density at radius 1 is 0.565 bits per heavy atom. The lowest BCUT2D eigenvalue weighted by molar-refractivity contribution is -0.0661. The summed E-state index contributed by atoms with van der Waals surface area (Å²) in [6.07, 6.45) is 3.03. The van der Waals surface area contributed by atoms with Crippen molar-refractivity contribution >= 4 is 10.1 Å². The number of hydrogen-bond donors (Lipinski definition) is 0. The van der Waals surface area contributed by atoms with Crippen molar-refractivity contribution in [2.24, 2.45) is 0 Å². The molecule has 0 fully saturated rings. The lowest BCUT2D eigenvalue weighted by Gasteiger charge is -2.14. The van der Waals surface area contributed by atoms with Crippen LogP contribution in [0.5, 0.6) is 5.75 Å². The smallest absolute Gasteiger partial charge is 0.382 e. The highest BCUT2D eigenvalue weighted by atomic mass is 32.2. The van der Waals surface area contributed by atoms with Crippen molar-refractivity contribution < 1.29 is 54.2 Å². The van der Waals surface area contributed by atoms with Gasteiger partial charge in [0, 0.05) is 27.4 Å². The van der Waals surface area contributed by atoms with Gasteiger partial charge in [-0.1, -0.05) is 48.5 Å². The van der Waals surface area contributed by atoms with E-state index in [0.717, 1.165) is 36.8 Å². The van der Waals surface area contributed by atoms with Crippen molar-refractivity contribution in [2.75, 3.05) is 67.4 Å². The minimum Gasteiger partial charge on any atom is -0.382 e. The first-order valence-corrected chi connectivity index (χ1v) is 16.2. The molecule has 0 N–H and O–H groups in total. The molecule has 9 nitrogen and oxygen atoms in total. The van der Waals surface area contributed by atoms with Gasteiger partial charge in [-0.15, -0.1) is 0 Å². The van der Waals surface area contributed by atoms with E-state index in [0.29, 0.717) is 61.9 Å². The zero-order chi connectivity index (χ0) is 33.3. The highest BCUT2D eigenvalue weighted by Gasteiger charge is 2.48. The Balaban J connectivity index is 1.68. The van der Waals surface area contributed by atoms with E-state index in [4.69, 9.17) is 28.4 Å². The fraction of sp³-hybridized carbons (Fsp3) is 0.455. The fourth-order valence-corrected chi connectivity index (χ4v) is 4.72. The molecule has 3 aromatic carbocycles. The van der Waals surface area contributed by atoms with Crippen LogP contribution in [-0.2, 0) is 51.4 Å². The van der Waals surface area contributed by atoms with Gasteiger partial charge < -0.3 is 32.6 Å². The molecule has 0 atom stereocenters. The molecule has 0 bridgehead atoms. The summed E-state index contributed by atoms with van der Waals surface area (Å²) < 4.78 is 98.9. The molecule has 0 amide bonds. The number of aryl methyl sites for hydroxylation is 2. The summed E-state index contributed by atoms with van der Waals surface area (Å²) >= 11 is 0. The fourth-order valence-electron chi connectivity index (χ4n) is 4.28. The molecule has 3 rings (SSSR count). The van der Waals surface area contributed by atoms with Crippen LogP contribution in [0.2, 0.25) is 0 Å². The second-order valence-electron chi connectivity index (χ2n) is 10.2. The topological polar surface area (TPSA) is 98.8 Å². The van der Waals surface area contributed by atoms with Crippen LogP contribution in [0.3, 0.4) is 0 Å². The van der Waals surface area contributed by atoms with Gasteiger partial charge in [-0.25, -0.2) is 0 Å². The van der Waals surface area contributed by atoms with Crippen LogP contribution in [-0.4, -0.2) is 81.4 Å². The molecule has 0 saturated heterocycles. The summed E-state index contributed by atoms with van der Waals surface area (Å²) in [6, 6.07) is 19.3. The van der Waals surface area contributed by atoms with Crippen LogP contribution in [0, 0.1) is 0 Å². The van der Waals surface area contributed by atoms with Gasteiger partial charge in [-0.3, -0.25) is 0 Å². The first kappa shape index (κ1) is 37.4. The number of rotatable bonds is 22. The quantitative estimate of drug-likeness (QED) is 0.0522. The molecule has 0 aliphatic heterocycles. The third kappa shape index (κ3) is 13.0. The van der Waals surface area contributed by atoms with Gasteiger partial charge >= 0.3 is 15.6 Å². The van der Waals surface area contributed by atoms with Crippen molar-refractivity contribution in [1.82, 2.24) is 0 Å². The molecule has 0 radical (unpaired) electrons. The largest absolute Gasteiger partial charge is 0.534 e. The van der Waals surface area contributed by atoms with Crippen molar-refractivity contribution in [3.8, 4) is 28.0 Å². The number of benzene rings is 3. The zero-order valence-electron chi connectivity index (χ0n) is 26.1. The molecule has 3 aromatic rings. The maximum atomic E-state index is 13.1. The van der Waals surface area contributed by atoms with Crippen molar-refractivity contribution in [1.29, 1.82) is 0 Å². The molecule has 0 unspecified atom stereocenters. The van der Waals surface area contributed by atoms with Crippen molar-refractivity contribution in [2.45, 2.75) is 31.2 Å². The maximum absolute atomic E-state index is 13.1. The van der Waals surface area contributed by atoms with Gasteiger partial charge in [-0.05, 0) is 77.3 Å². The van der Waals surface area contributed by atoms with Crippen LogP contribution in [0.4, 0.5) is 13.2 Å². The molecule has 0 aromatic heterocycles. The molecule has 0 heterocycles. The van der Waals surface area contributed by atoms with Crippen LogP contribution in [0.15, 0.2) is 66.7 Å². The van der Waals surface area contributed by atoms with Gasteiger partial charge in [0.2, 0.25) is 0 Å². The number of halogens is 3. The summed E-state index contributed by atoms with van der Waals surface area (Å²) in [5, 5.41) is 0. The summed E-state index contributed by atoms with van der Waals surface area (Å²) in [7, 11) is -2.67. The molecular weight excluding hydrogens is 629 g/mol. The van der Waals surface area contributed by atoms with Gasteiger partial charge in [0.25, 0.3) is 0 Å². The second-order valence-corrected chi connectivity index (χ2v) is 11.7. The zero-order valence-corrected chi connectivity index (χ0v) is 26.9. The van der Waals surface area contributed by atoms with E-state index in [1.54, 1.807) is 20.3 Å². The summed E-state index contributed by atoms with van der Waals surface area (Å²) in [5.74, 6) is -0.437. The van der Waals surface area contributed by atoms with Crippen LogP contribution >= 0.6 is 0 Å². The highest BCUT2D eigenvalue weighted by Crippen LogP contribution is 2.35. The molecular formula is C33H41F3O9S. The SMILES string of the molecule is COCCOCOCCCc1ccc(-c2cc(OS(=O)(=O)C(F)(F)F)cc(-c3ccc(CCCOCOCCOC)cc3)c2)cc1. The molecule has 0 spiro atoms. The third-order valence-corrected chi connectivity index (χ3v) is 7.65. The average molecular weight is 671 g/mol. The normalized spacial score (nSPS) is 12.0. The van der Waals surface area contributed by atoms with E-state index in [-0.39, 0.29) is 13.6 Å². The summed E-state index contributed by atoms with van der Waals surface area (Å²) in [6.45, 7) is 3.34. The van der Waals surface area contributed by atoms with Gasteiger partial charge in [0.05, 0.1) is 26.4 Å². The van der Waals surface area contributed by atoms with E-state index in [9.17, 15) is 21.6 Å². The second kappa shape index (κ2) is 19.6. The molecule has 0 saturated carbocycles. The first-order chi connectivity index (χ1) is 22.1. The van der Waals surface area contributed by atoms with E-state index < -0.39 is 21.4 Å². The predicted octanol–water partition coefficient (Wildman–Crippen LogP) is 6.39. The molecule has 254 valence electrons. The van der Waals surface area contributed by atoms with E-state index in [1.807, 2.05) is 48.5 Å². The standard InChI is InChI=1S/C33H41F3O9S/c1-39-17-19-43-24-41-15-3-5-26-7-11-28(12-8-26)30-21-31(23-32(22-30)45-46(37,38)33(34,35)36)29-13-9-27(10-14-29)6-4-16-42-25-44-20-18-40-2/h7-14,21-23H,3-6,15-20,24-25H2,1-2H3. The average Bonchev–Trinajstić information content (AvgIpc) is 3.03. The molecule has 0 aliphatic rings. The first-order valence-electron chi connectivity index (χ1n) is 14.8. The van der Waals surface area contributed by atoms with Crippen LogP contribution in [0.25, 0.3) is 22.3 Å². The van der Waals surface area contributed by atoms with Crippen LogP contribution in [0.1, 0.15) is 24.0 Å². The summed E-state index contributed by atoms with van der Waals surface area (Å²) in [5.41, 5.74) is -1.11. The monoisotopic (exact) mass is 670 g/mol. The molecule has 46 heavy (non-hydrogen) atoms. The number of methoxy groups -OCH3 is 2. The van der Waals surface area contributed by atoms with Gasteiger partial charge in [0.1, 0.15) is 19.3 Å². The number of alkyl halides is 3. The van der Waals surface area contributed by atoms with E-state index >= 15 is 0 Å². The number of ether oxygens (including phenoxy) is 6. The Morgan fingerprint density at radius 3 is 1.37 bits per heavy atom.